The number of esters is 1. The van der Waals surface area contributed by atoms with Crippen LogP contribution >= 0.6 is 0 Å². The fraction of sp³-hybridized carbons (Fsp3) is 0.545. The Kier molecular flexibility index (Phi) is 6.68. The predicted octanol–water partition coefficient (Wildman–Crippen LogP) is 3.40. The lowest BCUT2D eigenvalue weighted by Crippen LogP contribution is -2.68. The highest BCUT2D eigenvalue weighted by Crippen LogP contribution is 2.36. The lowest BCUT2D eigenvalue weighted by molar-refractivity contribution is -0.155. The Morgan fingerprint density at radius 2 is 1.61 bits per heavy atom. The van der Waals surface area contributed by atoms with E-state index in [1.54, 1.807) is 72.7 Å². The summed E-state index contributed by atoms with van der Waals surface area (Å²) in [6.45, 7) is 11.3. The molecule has 9 nitrogen and oxygen atoms in total. The number of Topliss-reactive ketones (excluding diaryl/α,β-unsaturated/α-hetero) is 1. The van der Waals surface area contributed by atoms with Gasteiger partial charge in [0.1, 0.15) is 11.2 Å². The highest BCUT2D eigenvalue weighted by Gasteiger charge is 2.60. The minimum atomic E-state index is -2.17. The van der Waals surface area contributed by atoms with Crippen molar-refractivity contribution in [1.82, 2.24) is 10.4 Å². The Morgan fingerprint density at radius 1 is 1.03 bits per heavy atom. The van der Waals surface area contributed by atoms with Crippen LogP contribution in [-0.2, 0) is 25.4 Å². The van der Waals surface area contributed by atoms with E-state index >= 15 is 0 Å². The molecule has 0 radical (unpaired) electrons. The number of rotatable bonds is 3. The van der Waals surface area contributed by atoms with Crippen LogP contribution in [-0.4, -0.2) is 52.3 Å². The van der Waals surface area contributed by atoms with Gasteiger partial charge in [-0.2, -0.15) is 5.01 Å². The molecule has 1 aromatic rings. The van der Waals surface area contributed by atoms with E-state index in [1.807, 2.05) is 0 Å². The van der Waals surface area contributed by atoms with Crippen molar-refractivity contribution in [3.63, 3.8) is 0 Å². The fourth-order valence-electron chi connectivity index (χ4n) is 3.16. The van der Waals surface area contributed by atoms with Crippen LogP contribution in [0.1, 0.15) is 64.4 Å². The van der Waals surface area contributed by atoms with Crippen molar-refractivity contribution in [2.45, 2.75) is 71.6 Å². The van der Waals surface area contributed by atoms with Gasteiger partial charge in [-0.1, -0.05) is 24.3 Å². The first-order valence-corrected chi connectivity index (χ1v) is 10.0. The lowest BCUT2D eigenvalue weighted by atomic mass is 9.93. The zero-order valence-electron chi connectivity index (χ0n) is 19.0. The van der Waals surface area contributed by atoms with Crippen LogP contribution in [0.4, 0.5) is 9.59 Å². The van der Waals surface area contributed by atoms with E-state index in [-0.39, 0.29) is 18.6 Å². The first-order valence-electron chi connectivity index (χ1n) is 10.0. The van der Waals surface area contributed by atoms with Crippen molar-refractivity contribution >= 4 is 23.9 Å². The van der Waals surface area contributed by atoms with Gasteiger partial charge in [0.25, 0.3) is 0 Å². The van der Waals surface area contributed by atoms with Gasteiger partial charge in [0.15, 0.2) is 0 Å². The summed E-state index contributed by atoms with van der Waals surface area (Å²) in [5.74, 6) is -1.65. The maximum absolute atomic E-state index is 13.5. The molecule has 0 fully saturated rings. The SMILES string of the molecule is CCOC(=O)C1(N(NC(=O)OC(C)(C)C)C(=O)OC(C)(C)C)Cc2ccccc2C1=O. The van der Waals surface area contributed by atoms with E-state index in [1.165, 1.54) is 0 Å². The lowest BCUT2D eigenvalue weighted by Gasteiger charge is -2.38. The van der Waals surface area contributed by atoms with Crippen LogP contribution in [0, 0.1) is 0 Å². The van der Waals surface area contributed by atoms with Crippen molar-refractivity contribution in [2.24, 2.45) is 0 Å². The van der Waals surface area contributed by atoms with Gasteiger partial charge in [-0.15, -0.1) is 0 Å². The zero-order chi connectivity index (χ0) is 23.6. The number of nitrogens with zero attached hydrogens (tertiary/aromatic N) is 1. The number of carbonyl (C=O) groups excluding carboxylic acids is 4. The number of amides is 2. The summed E-state index contributed by atoms with van der Waals surface area (Å²) in [4.78, 5) is 52.3. The maximum atomic E-state index is 13.5. The fourth-order valence-corrected chi connectivity index (χ4v) is 3.16. The molecule has 0 aliphatic heterocycles. The van der Waals surface area contributed by atoms with Crippen molar-refractivity contribution in [1.29, 1.82) is 0 Å². The quantitative estimate of drug-likeness (QED) is 0.336. The summed E-state index contributed by atoms with van der Waals surface area (Å²) < 4.78 is 15.8. The van der Waals surface area contributed by atoms with Gasteiger partial charge >= 0.3 is 18.2 Å². The molecule has 1 unspecified atom stereocenters. The van der Waals surface area contributed by atoms with Gasteiger partial charge in [0.05, 0.1) is 6.61 Å². The number of hydrogen-bond acceptors (Lipinski definition) is 7. The third kappa shape index (κ3) is 5.34. The van der Waals surface area contributed by atoms with Gasteiger partial charge in [-0.25, -0.2) is 19.8 Å². The molecule has 1 N–H and O–H groups in total. The minimum absolute atomic E-state index is 0.0290. The van der Waals surface area contributed by atoms with E-state index in [0.717, 1.165) is 0 Å². The molecule has 0 saturated carbocycles. The molecule has 1 aromatic carbocycles. The zero-order valence-corrected chi connectivity index (χ0v) is 19.0. The van der Waals surface area contributed by atoms with Crippen LogP contribution in [0.2, 0.25) is 0 Å². The standard InChI is InChI=1S/C22H30N2O7/c1-8-29-17(26)22(13-14-11-9-10-12-15(14)16(22)25)24(19(28)31-21(5,6)7)23-18(27)30-20(2,3)4/h9-12H,8,13H2,1-7H3,(H,23,27). The first kappa shape index (κ1) is 24.2. The average molecular weight is 434 g/mol. The van der Waals surface area contributed by atoms with Gasteiger partial charge in [0.2, 0.25) is 11.3 Å². The van der Waals surface area contributed by atoms with E-state index in [9.17, 15) is 19.2 Å². The monoisotopic (exact) mass is 434 g/mol. The van der Waals surface area contributed by atoms with Crippen LogP contribution < -0.4 is 5.43 Å². The third-order valence-corrected chi connectivity index (χ3v) is 4.26. The molecule has 1 aliphatic carbocycles. The molecule has 0 spiro atoms. The van der Waals surface area contributed by atoms with E-state index in [4.69, 9.17) is 14.2 Å². The second-order valence-electron chi connectivity index (χ2n) is 9.17. The van der Waals surface area contributed by atoms with Crippen LogP contribution in [0.3, 0.4) is 0 Å². The van der Waals surface area contributed by atoms with Gasteiger partial charge in [-0.05, 0) is 54.0 Å². The predicted molar refractivity (Wildman–Crippen MR) is 111 cm³/mol. The molecule has 9 heteroatoms. The van der Waals surface area contributed by atoms with Crippen molar-refractivity contribution in [3.05, 3.63) is 35.4 Å². The van der Waals surface area contributed by atoms with E-state index < -0.39 is 40.7 Å². The minimum Gasteiger partial charge on any atom is -0.464 e. The summed E-state index contributed by atoms with van der Waals surface area (Å²) in [6, 6.07) is 6.60. The number of hydrazine groups is 1. The highest BCUT2D eigenvalue weighted by molar-refractivity contribution is 6.21. The average Bonchev–Trinajstić information content (AvgIpc) is 2.91. The second kappa shape index (κ2) is 8.56. The van der Waals surface area contributed by atoms with E-state index in [2.05, 4.69) is 5.43 Å². The number of carbonyl (C=O) groups is 4. The Hall–Kier alpha value is -3.10. The molecular weight excluding hydrogens is 404 g/mol. The molecule has 1 atom stereocenters. The Bertz CT molecular complexity index is 883. The van der Waals surface area contributed by atoms with Crippen LogP contribution in [0.5, 0.6) is 0 Å². The molecule has 0 aromatic heterocycles. The molecule has 0 heterocycles. The summed E-state index contributed by atoms with van der Waals surface area (Å²) >= 11 is 0. The largest absolute Gasteiger partial charge is 0.464 e. The van der Waals surface area contributed by atoms with Gasteiger partial charge < -0.3 is 14.2 Å². The number of fused-ring (bicyclic) bond motifs is 1. The van der Waals surface area contributed by atoms with Crippen molar-refractivity contribution in [2.75, 3.05) is 6.61 Å². The first-order chi connectivity index (χ1) is 14.2. The summed E-state index contributed by atoms with van der Waals surface area (Å²) in [7, 11) is 0. The molecule has 2 amide bonds. The number of benzene rings is 1. The number of nitrogens with one attached hydrogen (secondary N) is 1. The topological polar surface area (TPSA) is 111 Å². The second-order valence-corrected chi connectivity index (χ2v) is 9.17. The summed E-state index contributed by atoms with van der Waals surface area (Å²) in [5, 5.41) is 0.604. The Labute approximate surface area is 182 Å². The smallest absolute Gasteiger partial charge is 0.430 e. The molecule has 0 bridgehead atoms. The van der Waals surface area contributed by atoms with Crippen LogP contribution in [0.25, 0.3) is 0 Å². The molecular formula is C22H30N2O7. The molecule has 2 rings (SSSR count). The van der Waals surface area contributed by atoms with Crippen LogP contribution in [0.15, 0.2) is 24.3 Å². The molecule has 31 heavy (non-hydrogen) atoms. The number of hydrogen-bond donors (Lipinski definition) is 1. The number of ketones is 1. The third-order valence-electron chi connectivity index (χ3n) is 4.26. The molecule has 0 saturated heterocycles. The normalized spacial score (nSPS) is 18.1. The highest BCUT2D eigenvalue weighted by atomic mass is 16.6. The summed E-state index contributed by atoms with van der Waals surface area (Å²) in [5.41, 5.74) is -0.956. The molecule has 1 aliphatic rings. The Balaban J connectivity index is 2.59. The Morgan fingerprint density at radius 3 is 2.13 bits per heavy atom. The number of ether oxygens (including phenoxy) is 3. The molecule has 170 valence electrons. The van der Waals surface area contributed by atoms with Gasteiger partial charge in [-0.3, -0.25) is 4.79 Å². The van der Waals surface area contributed by atoms with Gasteiger partial charge in [0, 0.05) is 12.0 Å². The van der Waals surface area contributed by atoms with E-state index in [0.29, 0.717) is 10.6 Å². The maximum Gasteiger partial charge on any atom is 0.430 e. The van der Waals surface area contributed by atoms with Crippen molar-refractivity contribution < 1.29 is 33.4 Å². The summed E-state index contributed by atoms with van der Waals surface area (Å²) in [6.07, 6.45) is -2.30. The van der Waals surface area contributed by atoms with Crippen molar-refractivity contribution in [3.8, 4) is 0 Å².